The van der Waals surface area contributed by atoms with E-state index in [0.717, 1.165) is 11.2 Å². The Labute approximate surface area is 316 Å². The highest BCUT2D eigenvalue weighted by Gasteiger charge is 2.17. The molecule has 0 aliphatic rings. The zero-order chi connectivity index (χ0) is 36.0. The van der Waals surface area contributed by atoms with Gasteiger partial charge in [0.15, 0.2) is 0 Å². The first kappa shape index (κ1) is 30.1. The molecule has 0 atom stereocenters. The van der Waals surface area contributed by atoms with Crippen molar-refractivity contribution < 1.29 is 0 Å². The summed E-state index contributed by atoms with van der Waals surface area (Å²) in [6.07, 6.45) is 0. The molecule has 0 unspecified atom stereocenters. The van der Waals surface area contributed by atoms with Gasteiger partial charge < -0.3 is 14.1 Å². The van der Waals surface area contributed by atoms with Crippen molar-refractivity contribution in [2.45, 2.75) is 0 Å². The van der Waals surface area contributed by atoms with E-state index < -0.39 is 0 Å². The Morgan fingerprint density at radius 2 is 0.745 bits per heavy atom. The summed E-state index contributed by atoms with van der Waals surface area (Å²) < 4.78 is 4.78. The standard InChI is InChI=1S/C52H33N3/c1-3-12-38(13-4-1)54-48-18-10-9-17-41(48)44-30-35(21-26-49(44)54)37-23-28-51-46(32-37)45-31-36(22-27-50(45)55(51)39-14-5-2-6-15-39)34-20-25-47-43(29-34)42-24-19-33-11-7-8-16-40(33)52(42)53-47/h1-32,53H. The molecular formula is C52H33N3. The Bertz CT molecular complexity index is 3470. The van der Waals surface area contributed by atoms with Crippen LogP contribution in [-0.2, 0) is 0 Å². The van der Waals surface area contributed by atoms with Crippen LogP contribution in [0.15, 0.2) is 194 Å². The van der Waals surface area contributed by atoms with Crippen LogP contribution < -0.4 is 0 Å². The van der Waals surface area contributed by atoms with E-state index >= 15 is 0 Å². The predicted octanol–water partition coefficient (Wildman–Crippen LogP) is 14.0. The van der Waals surface area contributed by atoms with E-state index in [9.17, 15) is 0 Å². The lowest BCUT2D eigenvalue weighted by Crippen LogP contribution is -1.93. The summed E-state index contributed by atoms with van der Waals surface area (Å²) in [7, 11) is 0. The van der Waals surface area contributed by atoms with Crippen molar-refractivity contribution in [1.82, 2.24) is 14.1 Å². The van der Waals surface area contributed by atoms with Crippen LogP contribution in [0.4, 0.5) is 0 Å². The Morgan fingerprint density at radius 1 is 0.291 bits per heavy atom. The summed E-state index contributed by atoms with van der Waals surface area (Å²) >= 11 is 0. The van der Waals surface area contributed by atoms with Gasteiger partial charge in [-0.05, 0) is 107 Å². The Balaban J connectivity index is 1.05. The van der Waals surface area contributed by atoms with Gasteiger partial charge in [0, 0.05) is 54.6 Å². The summed E-state index contributed by atoms with van der Waals surface area (Å²) in [5.74, 6) is 0. The predicted molar refractivity (Wildman–Crippen MR) is 233 cm³/mol. The molecule has 0 bridgehead atoms. The van der Waals surface area contributed by atoms with Crippen molar-refractivity contribution >= 4 is 76.2 Å². The highest BCUT2D eigenvalue weighted by molar-refractivity contribution is 6.18. The molecule has 0 fully saturated rings. The molecule has 3 heteroatoms. The van der Waals surface area contributed by atoms with Gasteiger partial charge in [0.2, 0.25) is 0 Å². The lowest BCUT2D eigenvalue weighted by atomic mass is 9.98. The van der Waals surface area contributed by atoms with Gasteiger partial charge in [-0.25, -0.2) is 0 Å². The van der Waals surface area contributed by atoms with Crippen molar-refractivity contribution in [3.05, 3.63) is 194 Å². The van der Waals surface area contributed by atoms with E-state index in [1.807, 2.05) is 0 Å². The Kier molecular flexibility index (Phi) is 6.34. The molecule has 3 aromatic heterocycles. The third kappa shape index (κ3) is 4.50. The molecule has 3 nitrogen and oxygen atoms in total. The number of H-pyrrole nitrogens is 1. The maximum atomic E-state index is 3.72. The second-order valence-electron chi connectivity index (χ2n) is 14.6. The van der Waals surface area contributed by atoms with Gasteiger partial charge in [-0.2, -0.15) is 0 Å². The average Bonchev–Trinajstić information content (AvgIpc) is 3.91. The molecule has 0 radical (unpaired) electrons. The molecule has 3 heterocycles. The molecule has 55 heavy (non-hydrogen) atoms. The van der Waals surface area contributed by atoms with Crippen molar-refractivity contribution in [1.29, 1.82) is 0 Å². The van der Waals surface area contributed by atoms with Crippen LogP contribution in [0, 0.1) is 0 Å². The maximum absolute atomic E-state index is 3.72. The summed E-state index contributed by atoms with van der Waals surface area (Å²) in [6.45, 7) is 0. The number of benzene rings is 9. The molecule has 0 spiro atoms. The molecular weight excluding hydrogens is 667 g/mol. The molecule has 0 aliphatic heterocycles. The average molecular weight is 700 g/mol. The smallest absolute Gasteiger partial charge is 0.0544 e. The van der Waals surface area contributed by atoms with E-state index in [4.69, 9.17) is 0 Å². The first-order valence-corrected chi connectivity index (χ1v) is 18.9. The van der Waals surface area contributed by atoms with Gasteiger partial charge in [0.05, 0.1) is 27.6 Å². The minimum atomic E-state index is 1.16. The zero-order valence-electron chi connectivity index (χ0n) is 29.9. The molecule has 256 valence electrons. The number of rotatable bonds is 4. The number of hydrogen-bond donors (Lipinski definition) is 1. The molecule has 0 saturated heterocycles. The fourth-order valence-electron chi connectivity index (χ4n) is 9.07. The van der Waals surface area contributed by atoms with Crippen molar-refractivity contribution in [2.24, 2.45) is 0 Å². The van der Waals surface area contributed by atoms with Crippen LogP contribution in [0.1, 0.15) is 0 Å². The number of nitrogens with one attached hydrogen (secondary N) is 1. The van der Waals surface area contributed by atoms with Crippen LogP contribution in [-0.4, -0.2) is 14.1 Å². The lowest BCUT2D eigenvalue weighted by Gasteiger charge is -2.09. The molecule has 0 saturated carbocycles. The Hall–Kier alpha value is -7.36. The van der Waals surface area contributed by atoms with Gasteiger partial charge in [-0.1, -0.05) is 115 Å². The van der Waals surface area contributed by atoms with Crippen molar-refractivity contribution in [3.63, 3.8) is 0 Å². The Morgan fingerprint density at radius 3 is 1.35 bits per heavy atom. The number of aromatic nitrogens is 3. The summed E-state index contributed by atoms with van der Waals surface area (Å²) in [5.41, 5.74) is 14.3. The largest absolute Gasteiger partial charge is 0.354 e. The zero-order valence-corrected chi connectivity index (χ0v) is 29.9. The second kappa shape index (κ2) is 11.6. The fourth-order valence-corrected chi connectivity index (χ4v) is 9.07. The van der Waals surface area contributed by atoms with Crippen molar-refractivity contribution in [2.75, 3.05) is 0 Å². The van der Waals surface area contributed by atoms with E-state index in [0.29, 0.717) is 0 Å². The molecule has 1 N–H and O–H groups in total. The van der Waals surface area contributed by atoms with Crippen LogP contribution in [0.3, 0.4) is 0 Å². The van der Waals surface area contributed by atoms with E-state index in [1.165, 1.54) is 98.6 Å². The molecule has 12 rings (SSSR count). The minimum absolute atomic E-state index is 1.16. The highest BCUT2D eigenvalue weighted by atomic mass is 15.0. The second-order valence-corrected chi connectivity index (χ2v) is 14.6. The SMILES string of the molecule is c1ccc(-n2c3ccccc3c3cc(-c4ccc5c(c4)c4cc(-c6ccc7[nH]c8c9ccccc9ccc8c7c6)ccc4n5-c4ccccc4)ccc32)cc1. The number of nitrogens with zero attached hydrogens (tertiary/aromatic N) is 2. The molecule has 9 aromatic carbocycles. The van der Waals surface area contributed by atoms with Crippen molar-refractivity contribution in [3.8, 4) is 33.6 Å². The van der Waals surface area contributed by atoms with Crippen LogP contribution >= 0.6 is 0 Å². The first-order valence-electron chi connectivity index (χ1n) is 18.9. The summed E-state index contributed by atoms with van der Waals surface area (Å²) in [4.78, 5) is 3.72. The number of aromatic amines is 1. The summed E-state index contributed by atoms with van der Waals surface area (Å²) in [6, 6.07) is 71.0. The third-order valence-electron chi connectivity index (χ3n) is 11.6. The number of hydrogen-bond acceptors (Lipinski definition) is 0. The van der Waals surface area contributed by atoms with Gasteiger partial charge in [-0.15, -0.1) is 0 Å². The third-order valence-corrected chi connectivity index (χ3v) is 11.6. The monoisotopic (exact) mass is 699 g/mol. The lowest BCUT2D eigenvalue weighted by molar-refractivity contribution is 1.18. The van der Waals surface area contributed by atoms with Gasteiger partial charge in [0.1, 0.15) is 0 Å². The first-order chi connectivity index (χ1) is 27.3. The summed E-state index contributed by atoms with van der Waals surface area (Å²) in [5, 5.41) is 10.0. The topological polar surface area (TPSA) is 25.6 Å². The van der Waals surface area contributed by atoms with Gasteiger partial charge in [-0.3, -0.25) is 0 Å². The fraction of sp³-hybridized carbons (Fsp3) is 0. The molecule has 12 aromatic rings. The van der Waals surface area contributed by atoms with Crippen LogP contribution in [0.25, 0.3) is 110 Å². The highest BCUT2D eigenvalue weighted by Crippen LogP contribution is 2.40. The quantitative estimate of drug-likeness (QED) is 0.189. The van der Waals surface area contributed by atoms with Gasteiger partial charge in [0.25, 0.3) is 0 Å². The molecule has 0 aliphatic carbocycles. The number of para-hydroxylation sites is 3. The van der Waals surface area contributed by atoms with Crippen LogP contribution in [0.2, 0.25) is 0 Å². The van der Waals surface area contributed by atoms with E-state index in [1.54, 1.807) is 0 Å². The van der Waals surface area contributed by atoms with E-state index in [2.05, 4.69) is 208 Å². The van der Waals surface area contributed by atoms with Crippen LogP contribution in [0.5, 0.6) is 0 Å². The number of fused-ring (bicyclic) bond motifs is 11. The molecule has 0 amide bonds. The van der Waals surface area contributed by atoms with Gasteiger partial charge >= 0.3 is 0 Å². The van der Waals surface area contributed by atoms with E-state index in [-0.39, 0.29) is 0 Å². The maximum Gasteiger partial charge on any atom is 0.0544 e. The minimum Gasteiger partial charge on any atom is -0.354 e. The normalized spacial score (nSPS) is 12.0.